The van der Waals surface area contributed by atoms with Crippen molar-refractivity contribution in [3.05, 3.63) is 90.0 Å². The highest BCUT2D eigenvalue weighted by Gasteiger charge is 1.96. The molecular formula is C22H16N2O. The lowest BCUT2D eigenvalue weighted by molar-refractivity contribution is 0.482. The van der Waals surface area contributed by atoms with Gasteiger partial charge >= 0.3 is 0 Å². The second kappa shape index (κ2) is 8.24. The van der Waals surface area contributed by atoms with Crippen molar-refractivity contribution in [2.75, 3.05) is 11.9 Å². The second-order valence-corrected chi connectivity index (χ2v) is 5.28. The summed E-state index contributed by atoms with van der Waals surface area (Å²) in [5.74, 6) is 7.79. The van der Waals surface area contributed by atoms with Gasteiger partial charge in [-0.25, -0.2) is 0 Å². The summed E-state index contributed by atoms with van der Waals surface area (Å²) in [5.41, 5.74) is 2.52. The van der Waals surface area contributed by atoms with Crippen molar-refractivity contribution in [1.82, 2.24) is 0 Å². The molecule has 3 aromatic rings. The number of ether oxygens (including phenoxy) is 1. The van der Waals surface area contributed by atoms with E-state index in [1.54, 1.807) is 12.1 Å². The SMILES string of the molecule is N#Cc1ccc(NCC#Cc2ccc(Oc3ccccc3)cc2)cc1. The zero-order chi connectivity index (χ0) is 17.3. The number of nitriles is 1. The summed E-state index contributed by atoms with van der Waals surface area (Å²) in [7, 11) is 0. The van der Waals surface area contributed by atoms with Crippen LogP contribution in [0.4, 0.5) is 5.69 Å². The van der Waals surface area contributed by atoms with Gasteiger partial charge in [-0.1, -0.05) is 30.0 Å². The Morgan fingerprint density at radius 1 is 0.760 bits per heavy atom. The Kier molecular flexibility index (Phi) is 5.33. The Morgan fingerprint density at radius 3 is 2.08 bits per heavy atom. The topological polar surface area (TPSA) is 45.0 Å². The summed E-state index contributed by atoms with van der Waals surface area (Å²) in [4.78, 5) is 0. The molecule has 0 spiro atoms. The van der Waals surface area contributed by atoms with Gasteiger partial charge in [0.25, 0.3) is 0 Å². The van der Waals surface area contributed by atoms with Gasteiger partial charge in [0.2, 0.25) is 0 Å². The van der Waals surface area contributed by atoms with E-state index in [2.05, 4.69) is 23.2 Å². The van der Waals surface area contributed by atoms with Crippen LogP contribution in [0.5, 0.6) is 11.5 Å². The molecule has 25 heavy (non-hydrogen) atoms. The lowest BCUT2D eigenvalue weighted by atomic mass is 10.2. The van der Waals surface area contributed by atoms with Crippen LogP contribution in [0.2, 0.25) is 0 Å². The number of nitrogens with zero attached hydrogens (tertiary/aromatic N) is 1. The fourth-order valence-electron chi connectivity index (χ4n) is 2.19. The number of nitrogens with one attached hydrogen (secondary N) is 1. The Labute approximate surface area is 147 Å². The Morgan fingerprint density at radius 2 is 1.40 bits per heavy atom. The Hall–Kier alpha value is -3.69. The first-order valence-corrected chi connectivity index (χ1v) is 7.89. The summed E-state index contributed by atoms with van der Waals surface area (Å²) < 4.78 is 5.75. The molecule has 3 nitrogen and oxygen atoms in total. The fraction of sp³-hybridized carbons (Fsp3) is 0.0455. The van der Waals surface area contributed by atoms with Gasteiger partial charge in [-0.2, -0.15) is 5.26 Å². The Balaban J connectivity index is 1.53. The molecule has 0 unspecified atom stereocenters. The molecule has 120 valence electrons. The fourth-order valence-corrected chi connectivity index (χ4v) is 2.19. The van der Waals surface area contributed by atoms with E-state index in [0.717, 1.165) is 22.7 Å². The zero-order valence-corrected chi connectivity index (χ0v) is 13.6. The monoisotopic (exact) mass is 324 g/mol. The molecule has 0 aliphatic heterocycles. The molecule has 0 aliphatic rings. The highest BCUT2D eigenvalue weighted by molar-refractivity contribution is 5.48. The van der Waals surface area contributed by atoms with Crippen molar-refractivity contribution in [2.24, 2.45) is 0 Å². The first-order chi connectivity index (χ1) is 12.3. The minimum absolute atomic E-state index is 0.536. The maximum Gasteiger partial charge on any atom is 0.127 e. The van der Waals surface area contributed by atoms with Crippen molar-refractivity contribution >= 4 is 5.69 Å². The maximum atomic E-state index is 8.77. The minimum Gasteiger partial charge on any atom is -0.457 e. The van der Waals surface area contributed by atoms with Crippen LogP contribution < -0.4 is 10.1 Å². The van der Waals surface area contributed by atoms with E-state index in [1.165, 1.54) is 0 Å². The second-order valence-electron chi connectivity index (χ2n) is 5.28. The van der Waals surface area contributed by atoms with E-state index < -0.39 is 0 Å². The highest BCUT2D eigenvalue weighted by atomic mass is 16.5. The first kappa shape index (κ1) is 16.2. The van der Waals surface area contributed by atoms with Crippen LogP contribution in [0.3, 0.4) is 0 Å². The van der Waals surface area contributed by atoms with Crippen molar-refractivity contribution in [1.29, 1.82) is 5.26 Å². The van der Waals surface area contributed by atoms with Crippen molar-refractivity contribution in [2.45, 2.75) is 0 Å². The van der Waals surface area contributed by atoms with Crippen molar-refractivity contribution in [3.8, 4) is 29.4 Å². The number of hydrogen-bond acceptors (Lipinski definition) is 3. The van der Waals surface area contributed by atoms with E-state index >= 15 is 0 Å². The molecule has 3 rings (SSSR count). The minimum atomic E-state index is 0.536. The van der Waals surface area contributed by atoms with E-state index in [0.29, 0.717) is 12.1 Å². The highest BCUT2D eigenvalue weighted by Crippen LogP contribution is 2.20. The molecule has 0 heterocycles. The van der Waals surface area contributed by atoms with Gasteiger partial charge in [-0.15, -0.1) is 0 Å². The van der Waals surface area contributed by atoms with Gasteiger partial charge in [0.15, 0.2) is 0 Å². The van der Waals surface area contributed by atoms with Gasteiger partial charge in [0.05, 0.1) is 18.2 Å². The molecule has 0 saturated heterocycles. The van der Waals surface area contributed by atoms with E-state index in [1.807, 2.05) is 66.7 Å². The first-order valence-electron chi connectivity index (χ1n) is 7.89. The molecule has 0 fully saturated rings. The van der Waals surface area contributed by atoms with Crippen LogP contribution in [-0.4, -0.2) is 6.54 Å². The standard InChI is InChI=1S/C22H16N2O/c23-17-19-8-12-20(13-9-19)24-16-4-5-18-10-14-22(15-11-18)25-21-6-2-1-3-7-21/h1-3,6-15,24H,16H2. The van der Waals surface area contributed by atoms with Crippen LogP contribution >= 0.6 is 0 Å². The molecule has 0 aromatic heterocycles. The normalized spacial score (nSPS) is 9.40. The molecule has 0 saturated carbocycles. The summed E-state index contributed by atoms with van der Waals surface area (Å²) in [5, 5.41) is 12.0. The summed E-state index contributed by atoms with van der Waals surface area (Å²) >= 11 is 0. The van der Waals surface area contributed by atoms with Crippen molar-refractivity contribution in [3.63, 3.8) is 0 Å². The lowest BCUT2D eigenvalue weighted by Gasteiger charge is -2.04. The number of anilines is 1. The number of hydrogen-bond donors (Lipinski definition) is 1. The largest absolute Gasteiger partial charge is 0.457 e. The number of para-hydroxylation sites is 1. The third kappa shape index (κ3) is 4.89. The third-order valence-corrected chi connectivity index (χ3v) is 3.46. The smallest absolute Gasteiger partial charge is 0.127 e. The molecule has 0 radical (unpaired) electrons. The van der Waals surface area contributed by atoms with Gasteiger partial charge in [0, 0.05) is 11.3 Å². The predicted octanol–water partition coefficient (Wildman–Crippen LogP) is 4.81. The lowest BCUT2D eigenvalue weighted by Crippen LogP contribution is -1.98. The molecule has 1 N–H and O–H groups in total. The van der Waals surface area contributed by atoms with E-state index in [4.69, 9.17) is 10.00 Å². The molecule has 0 aliphatic carbocycles. The molecule has 0 bridgehead atoms. The zero-order valence-electron chi connectivity index (χ0n) is 13.6. The van der Waals surface area contributed by atoms with Crippen molar-refractivity contribution < 1.29 is 4.74 Å². The molecule has 3 aromatic carbocycles. The molecular weight excluding hydrogens is 308 g/mol. The summed E-state index contributed by atoms with van der Waals surface area (Å²) in [6.07, 6.45) is 0. The molecule has 3 heteroatoms. The van der Waals surface area contributed by atoms with Gasteiger partial charge in [-0.05, 0) is 60.7 Å². The molecule has 0 atom stereocenters. The van der Waals surface area contributed by atoms with Gasteiger partial charge in [-0.3, -0.25) is 0 Å². The van der Waals surface area contributed by atoms with Crippen LogP contribution in [0, 0.1) is 23.2 Å². The summed E-state index contributed by atoms with van der Waals surface area (Å²) in [6.45, 7) is 0.536. The van der Waals surface area contributed by atoms with Crippen LogP contribution in [-0.2, 0) is 0 Å². The average Bonchev–Trinajstić information content (AvgIpc) is 2.68. The van der Waals surface area contributed by atoms with E-state index in [-0.39, 0.29) is 0 Å². The van der Waals surface area contributed by atoms with Crippen LogP contribution in [0.25, 0.3) is 0 Å². The number of benzene rings is 3. The quantitative estimate of drug-likeness (QED) is 0.700. The maximum absolute atomic E-state index is 8.77. The van der Waals surface area contributed by atoms with Gasteiger partial charge in [0.1, 0.15) is 11.5 Å². The van der Waals surface area contributed by atoms with Crippen LogP contribution in [0.1, 0.15) is 11.1 Å². The predicted molar refractivity (Wildman–Crippen MR) is 99.5 cm³/mol. The van der Waals surface area contributed by atoms with E-state index in [9.17, 15) is 0 Å². The molecule has 0 amide bonds. The third-order valence-electron chi connectivity index (χ3n) is 3.46. The van der Waals surface area contributed by atoms with Gasteiger partial charge < -0.3 is 10.1 Å². The van der Waals surface area contributed by atoms with Crippen LogP contribution in [0.15, 0.2) is 78.9 Å². The Bertz CT molecular complexity index is 912. The number of rotatable bonds is 4. The average molecular weight is 324 g/mol. The summed E-state index contributed by atoms with van der Waals surface area (Å²) in [6, 6.07) is 26.8.